The Bertz CT molecular complexity index is 2520. The summed E-state index contributed by atoms with van der Waals surface area (Å²) in [5.74, 6) is -0.00574. The van der Waals surface area contributed by atoms with Crippen molar-refractivity contribution in [3.63, 3.8) is 0 Å². The van der Waals surface area contributed by atoms with Gasteiger partial charge in [-0.05, 0) is 99.8 Å². The Morgan fingerprint density at radius 1 is 0.855 bits per heavy atom. The molecule has 3 aromatic carbocycles. The predicted octanol–water partition coefficient (Wildman–Crippen LogP) is 8.28. The molecule has 55 heavy (non-hydrogen) atoms. The normalized spacial score (nSPS) is 16.1. The van der Waals surface area contributed by atoms with E-state index in [1.165, 1.54) is 0 Å². The molecule has 14 heteroatoms. The summed E-state index contributed by atoms with van der Waals surface area (Å²) >= 11 is 1.55. The van der Waals surface area contributed by atoms with E-state index in [1.807, 2.05) is 25.2 Å². The summed E-state index contributed by atoms with van der Waals surface area (Å²) in [6, 6.07) is 16.1. The second-order valence-corrected chi connectivity index (χ2v) is 16.3. The zero-order valence-electron chi connectivity index (χ0n) is 31.6. The summed E-state index contributed by atoms with van der Waals surface area (Å²) in [6.07, 6.45) is -0.942. The smallest absolute Gasteiger partial charge is 0.415 e. The highest BCUT2D eigenvalue weighted by Crippen LogP contribution is 2.48. The van der Waals surface area contributed by atoms with Crippen molar-refractivity contribution in [1.82, 2.24) is 19.8 Å². The minimum absolute atomic E-state index is 0.0702. The molecule has 0 bridgehead atoms. The molecule has 4 N–H and O–H groups in total. The number of nitrogens with one attached hydrogen (secondary N) is 4. The summed E-state index contributed by atoms with van der Waals surface area (Å²) in [7, 11) is 2.04. The van der Waals surface area contributed by atoms with Gasteiger partial charge in [0, 0.05) is 83.3 Å². The number of hydrogen-bond donors (Lipinski definition) is 4. The zero-order valence-corrected chi connectivity index (χ0v) is 32.4. The molecule has 8 rings (SSSR count). The number of nitrogens with zero attached hydrogens (tertiary/aromatic N) is 3. The highest BCUT2D eigenvalue weighted by molar-refractivity contribution is 7.17. The van der Waals surface area contributed by atoms with Crippen molar-refractivity contribution in [2.24, 2.45) is 0 Å². The topological polar surface area (TPSA) is 152 Å². The number of aromatic amines is 2. The molecule has 13 nitrogen and oxygen atoms in total. The first-order chi connectivity index (χ1) is 26.2. The van der Waals surface area contributed by atoms with Crippen LogP contribution in [-0.4, -0.2) is 89.1 Å². The summed E-state index contributed by atoms with van der Waals surface area (Å²) in [5, 5.41) is 10.3. The molecule has 2 aliphatic heterocycles. The van der Waals surface area contributed by atoms with Gasteiger partial charge in [-0.25, -0.2) is 9.59 Å². The van der Waals surface area contributed by atoms with Gasteiger partial charge in [0.15, 0.2) is 5.75 Å². The maximum absolute atomic E-state index is 14.2. The van der Waals surface area contributed by atoms with Crippen LogP contribution in [0.25, 0.3) is 31.9 Å². The molecule has 1 atom stereocenters. The molecule has 0 radical (unpaired) electrons. The molecule has 0 unspecified atom stereocenters. The number of benzene rings is 3. The number of likely N-dealkylation sites (N-methyl/N-ethyl adjacent to an activating group) is 1. The second-order valence-electron chi connectivity index (χ2n) is 15.5. The summed E-state index contributed by atoms with van der Waals surface area (Å²) in [6.45, 7) is 12.8. The van der Waals surface area contributed by atoms with Gasteiger partial charge in [0.05, 0.1) is 10.4 Å². The third kappa shape index (κ3) is 7.10. The van der Waals surface area contributed by atoms with E-state index in [2.05, 4.69) is 44.7 Å². The van der Waals surface area contributed by atoms with Gasteiger partial charge in [0.1, 0.15) is 17.0 Å². The van der Waals surface area contributed by atoms with Crippen molar-refractivity contribution in [3.05, 3.63) is 82.5 Å². The van der Waals surface area contributed by atoms with Crippen LogP contribution in [0.15, 0.2) is 60.0 Å². The third-order valence-corrected chi connectivity index (χ3v) is 11.2. The minimum Gasteiger partial charge on any atom is -0.444 e. The van der Waals surface area contributed by atoms with Gasteiger partial charge < -0.3 is 39.5 Å². The summed E-state index contributed by atoms with van der Waals surface area (Å²) in [5.41, 5.74) is 5.61. The van der Waals surface area contributed by atoms with Crippen molar-refractivity contribution >= 4 is 84.3 Å². The molecule has 3 aromatic heterocycles. The lowest BCUT2D eigenvalue weighted by atomic mass is 9.97. The SMILES string of the molecule is Cc1csc2c(OC(=O)N3CCN(C)CC3)cc3c(c12)[C@H](C)CN3C(=O)c1cc2cc(NC(=O)c3cc4cc(NC(=O)OC(C)(C)C)ccc4[nH]3)ccc2[nH]1. The van der Waals surface area contributed by atoms with Crippen molar-refractivity contribution < 1.29 is 28.7 Å². The maximum Gasteiger partial charge on any atom is 0.415 e. The van der Waals surface area contributed by atoms with Crippen LogP contribution in [0.1, 0.15) is 65.7 Å². The van der Waals surface area contributed by atoms with Crippen LogP contribution in [0, 0.1) is 6.92 Å². The van der Waals surface area contributed by atoms with E-state index < -0.39 is 11.7 Å². The van der Waals surface area contributed by atoms with Crippen LogP contribution in [0.5, 0.6) is 5.75 Å². The van der Waals surface area contributed by atoms with Gasteiger partial charge in [-0.1, -0.05) is 6.92 Å². The van der Waals surface area contributed by atoms with Gasteiger partial charge in [0.25, 0.3) is 11.8 Å². The van der Waals surface area contributed by atoms with Crippen molar-refractivity contribution in [1.29, 1.82) is 0 Å². The van der Waals surface area contributed by atoms with Crippen LogP contribution >= 0.6 is 11.3 Å². The lowest BCUT2D eigenvalue weighted by Crippen LogP contribution is -2.48. The summed E-state index contributed by atoms with van der Waals surface area (Å²) in [4.78, 5) is 65.2. The van der Waals surface area contributed by atoms with Crippen LogP contribution in [0.4, 0.5) is 26.7 Å². The monoisotopic (exact) mass is 761 g/mol. The fraction of sp³-hybridized carbons (Fsp3) is 0.317. The second kappa shape index (κ2) is 13.8. The molecule has 284 valence electrons. The number of piperazine rings is 1. The van der Waals surface area contributed by atoms with E-state index in [0.29, 0.717) is 48.1 Å². The molecular weight excluding hydrogens is 719 g/mol. The van der Waals surface area contributed by atoms with Crippen LogP contribution in [-0.2, 0) is 4.74 Å². The number of anilines is 3. The fourth-order valence-electron chi connectivity index (χ4n) is 7.38. The molecule has 4 amide bonds. The highest BCUT2D eigenvalue weighted by atomic mass is 32.1. The molecule has 1 saturated heterocycles. The molecule has 2 aliphatic rings. The molecule has 6 aromatic rings. The van der Waals surface area contributed by atoms with Gasteiger partial charge in [-0.15, -0.1) is 11.3 Å². The Hall–Kier alpha value is -5.86. The van der Waals surface area contributed by atoms with E-state index in [9.17, 15) is 19.2 Å². The van der Waals surface area contributed by atoms with Crippen molar-refractivity contribution in [2.45, 2.75) is 46.1 Å². The Kier molecular flexibility index (Phi) is 9.05. The van der Waals surface area contributed by atoms with Gasteiger partial charge in [-0.2, -0.15) is 0 Å². The molecule has 0 saturated carbocycles. The first kappa shape index (κ1) is 36.1. The molecular formula is C41H43N7O6S. The number of amides is 4. The van der Waals surface area contributed by atoms with Gasteiger partial charge >= 0.3 is 12.2 Å². The van der Waals surface area contributed by atoms with Crippen LogP contribution in [0.3, 0.4) is 0 Å². The number of carbonyl (C=O) groups is 4. The highest BCUT2D eigenvalue weighted by Gasteiger charge is 2.35. The number of hydrogen-bond acceptors (Lipinski definition) is 8. The largest absolute Gasteiger partial charge is 0.444 e. The number of H-pyrrole nitrogens is 2. The van der Waals surface area contributed by atoms with Crippen LogP contribution in [0.2, 0.25) is 0 Å². The summed E-state index contributed by atoms with van der Waals surface area (Å²) < 4.78 is 12.3. The first-order valence-electron chi connectivity index (χ1n) is 18.3. The van der Waals surface area contributed by atoms with Crippen molar-refractivity contribution in [3.8, 4) is 5.75 Å². The molecule has 5 heterocycles. The van der Waals surface area contributed by atoms with E-state index in [-0.39, 0.29) is 23.8 Å². The number of ether oxygens (including phenoxy) is 2. The van der Waals surface area contributed by atoms with E-state index in [4.69, 9.17) is 9.47 Å². The third-order valence-electron chi connectivity index (χ3n) is 10.1. The van der Waals surface area contributed by atoms with Crippen molar-refractivity contribution in [2.75, 3.05) is 55.3 Å². The standard InChI is InChI=1S/C41H43N7O6S/c1-22-20-48(32-19-33(36-35(34(22)32)23(2)21-55-36)53-40(52)47-13-11-46(6)12-14-47)38(50)31-18-25-15-26(7-9-29(25)45-31)42-37(49)30-17-24-16-27(8-10-28(24)44-30)43-39(51)54-41(3,4)5/h7-10,15-19,21-22,44-45H,11-14,20H2,1-6H3,(H,42,49)(H,43,51)/t22-/m1/s1. The zero-order chi connectivity index (χ0) is 38.8. The molecule has 0 aliphatic carbocycles. The first-order valence-corrected chi connectivity index (χ1v) is 19.2. The Morgan fingerprint density at radius 3 is 2.16 bits per heavy atom. The van der Waals surface area contributed by atoms with Crippen LogP contribution < -0.4 is 20.3 Å². The fourth-order valence-corrected chi connectivity index (χ4v) is 8.40. The maximum atomic E-state index is 14.2. The number of carbonyl (C=O) groups excluding carboxylic acids is 4. The molecule has 1 fully saturated rings. The number of thiophene rings is 1. The molecule has 0 spiro atoms. The predicted molar refractivity (Wildman–Crippen MR) is 216 cm³/mol. The van der Waals surface area contributed by atoms with Gasteiger partial charge in [-0.3, -0.25) is 14.9 Å². The Labute approximate surface area is 321 Å². The number of aromatic nitrogens is 2. The average molecular weight is 762 g/mol. The van der Waals surface area contributed by atoms with E-state index in [1.54, 1.807) is 78.3 Å². The van der Waals surface area contributed by atoms with Gasteiger partial charge in [0.2, 0.25) is 0 Å². The quantitative estimate of drug-likeness (QED) is 0.138. The Balaban J connectivity index is 1.01. The average Bonchev–Trinajstić information content (AvgIpc) is 3.91. The Morgan fingerprint density at radius 2 is 1.49 bits per heavy atom. The number of aryl methyl sites for hydroxylation is 1. The van der Waals surface area contributed by atoms with E-state index >= 15 is 0 Å². The van der Waals surface area contributed by atoms with E-state index in [0.717, 1.165) is 61.8 Å². The lowest BCUT2D eigenvalue weighted by molar-refractivity contribution is 0.0635. The minimum atomic E-state index is -0.627. The number of fused-ring (bicyclic) bond motifs is 5. The lowest BCUT2D eigenvalue weighted by Gasteiger charge is -2.31. The number of rotatable bonds is 5.